The number of rotatable bonds is 5. The third kappa shape index (κ3) is 4.20. The molecule has 0 spiro atoms. The van der Waals surface area contributed by atoms with Crippen molar-refractivity contribution < 1.29 is 24.2 Å². The van der Waals surface area contributed by atoms with E-state index >= 15 is 0 Å². The van der Waals surface area contributed by atoms with Crippen LogP contribution in [0.15, 0.2) is 72.6 Å². The number of aliphatic hydroxyl groups excluding tert-OH is 1. The van der Waals surface area contributed by atoms with E-state index in [1.54, 1.807) is 48.8 Å². The molecule has 0 saturated carbocycles. The number of esters is 1. The van der Waals surface area contributed by atoms with Crippen LogP contribution in [0.25, 0.3) is 5.76 Å². The Morgan fingerprint density at radius 2 is 1.82 bits per heavy atom. The van der Waals surface area contributed by atoms with E-state index in [2.05, 4.69) is 4.98 Å². The lowest BCUT2D eigenvalue weighted by Crippen LogP contribution is -2.29. The van der Waals surface area contributed by atoms with Crippen molar-refractivity contribution in [1.29, 1.82) is 0 Å². The molecule has 7 heteroatoms. The molecule has 0 aliphatic carbocycles. The molecule has 2 aromatic carbocycles. The molecule has 1 amide bonds. The van der Waals surface area contributed by atoms with Crippen LogP contribution in [0.2, 0.25) is 0 Å². The zero-order valence-corrected chi connectivity index (χ0v) is 19.1. The monoisotopic (exact) mass is 456 g/mol. The molecule has 172 valence electrons. The van der Waals surface area contributed by atoms with Gasteiger partial charge in [0.1, 0.15) is 5.76 Å². The van der Waals surface area contributed by atoms with E-state index in [-0.39, 0.29) is 17.9 Å². The number of hydrogen-bond acceptors (Lipinski definition) is 6. The van der Waals surface area contributed by atoms with Gasteiger partial charge >= 0.3 is 5.97 Å². The summed E-state index contributed by atoms with van der Waals surface area (Å²) < 4.78 is 4.76. The van der Waals surface area contributed by atoms with Gasteiger partial charge in [-0.1, -0.05) is 35.9 Å². The zero-order chi connectivity index (χ0) is 24.4. The van der Waals surface area contributed by atoms with Gasteiger partial charge in [0.15, 0.2) is 0 Å². The molecule has 7 nitrogen and oxygen atoms in total. The van der Waals surface area contributed by atoms with Crippen molar-refractivity contribution in [3.63, 3.8) is 0 Å². The summed E-state index contributed by atoms with van der Waals surface area (Å²) in [5.74, 6) is -2.19. The van der Waals surface area contributed by atoms with Gasteiger partial charge in [-0.05, 0) is 54.8 Å². The first-order valence-corrected chi connectivity index (χ1v) is 10.7. The summed E-state index contributed by atoms with van der Waals surface area (Å²) in [6.45, 7) is 3.85. The molecule has 0 radical (unpaired) electrons. The minimum absolute atomic E-state index is 0.00779. The van der Waals surface area contributed by atoms with Crippen LogP contribution in [-0.2, 0) is 20.9 Å². The molecule has 34 heavy (non-hydrogen) atoms. The van der Waals surface area contributed by atoms with Crippen molar-refractivity contribution in [1.82, 2.24) is 9.88 Å². The number of amides is 1. The molecule has 0 bridgehead atoms. The van der Waals surface area contributed by atoms with Gasteiger partial charge in [-0.3, -0.25) is 14.6 Å². The highest BCUT2D eigenvalue weighted by molar-refractivity contribution is 6.46. The van der Waals surface area contributed by atoms with Crippen molar-refractivity contribution in [3.8, 4) is 0 Å². The van der Waals surface area contributed by atoms with Gasteiger partial charge in [-0.15, -0.1) is 0 Å². The summed E-state index contributed by atoms with van der Waals surface area (Å²) in [7, 11) is 1.29. The molecule has 1 aliphatic rings. The number of aliphatic hydroxyl groups is 1. The molecular formula is C27H24N2O5. The van der Waals surface area contributed by atoms with E-state index in [1.807, 2.05) is 32.0 Å². The molecule has 1 N–H and O–H groups in total. The van der Waals surface area contributed by atoms with Crippen LogP contribution in [-0.4, -0.2) is 39.8 Å². The number of aryl methyl sites for hydroxylation is 2. The van der Waals surface area contributed by atoms with Crippen molar-refractivity contribution in [2.24, 2.45) is 0 Å². The second kappa shape index (κ2) is 9.31. The minimum Gasteiger partial charge on any atom is -0.507 e. The predicted molar refractivity (Wildman–Crippen MR) is 126 cm³/mol. The van der Waals surface area contributed by atoms with Crippen molar-refractivity contribution in [3.05, 3.63) is 106 Å². The predicted octanol–water partition coefficient (Wildman–Crippen LogP) is 4.11. The number of methoxy groups -OCH3 is 1. The number of likely N-dealkylation sites (tertiary alicyclic amines) is 1. The fourth-order valence-electron chi connectivity index (χ4n) is 4.13. The Morgan fingerprint density at radius 3 is 2.47 bits per heavy atom. The third-order valence-corrected chi connectivity index (χ3v) is 5.91. The Balaban J connectivity index is 1.88. The minimum atomic E-state index is -0.841. The van der Waals surface area contributed by atoms with E-state index in [1.165, 1.54) is 12.0 Å². The van der Waals surface area contributed by atoms with Crippen molar-refractivity contribution in [2.75, 3.05) is 7.11 Å². The maximum Gasteiger partial charge on any atom is 0.337 e. The van der Waals surface area contributed by atoms with E-state index in [9.17, 15) is 19.5 Å². The van der Waals surface area contributed by atoms with Crippen LogP contribution in [0.3, 0.4) is 0 Å². The van der Waals surface area contributed by atoms with Gasteiger partial charge in [-0.25, -0.2) is 4.79 Å². The number of nitrogens with zero attached hydrogens (tertiary/aromatic N) is 2. The Bertz CT molecular complexity index is 1300. The van der Waals surface area contributed by atoms with Crippen LogP contribution in [0, 0.1) is 13.8 Å². The second-order valence-corrected chi connectivity index (χ2v) is 8.22. The number of benzene rings is 2. The van der Waals surface area contributed by atoms with Crippen LogP contribution in [0.5, 0.6) is 0 Å². The number of hydrogen-bond donors (Lipinski definition) is 1. The maximum atomic E-state index is 13.2. The Hall–Kier alpha value is -4.26. The van der Waals surface area contributed by atoms with Crippen LogP contribution in [0.1, 0.15) is 44.2 Å². The first-order chi connectivity index (χ1) is 16.3. The van der Waals surface area contributed by atoms with Gasteiger partial charge < -0.3 is 14.7 Å². The van der Waals surface area contributed by atoms with Gasteiger partial charge in [0.25, 0.3) is 11.7 Å². The van der Waals surface area contributed by atoms with Gasteiger partial charge in [0, 0.05) is 24.5 Å². The first-order valence-electron chi connectivity index (χ1n) is 10.7. The lowest BCUT2D eigenvalue weighted by molar-refractivity contribution is -0.140. The normalized spacial score (nSPS) is 17.1. The highest BCUT2D eigenvalue weighted by Crippen LogP contribution is 2.40. The summed E-state index contributed by atoms with van der Waals surface area (Å²) in [4.78, 5) is 43.8. The van der Waals surface area contributed by atoms with Gasteiger partial charge in [0.2, 0.25) is 0 Å². The van der Waals surface area contributed by atoms with Crippen LogP contribution >= 0.6 is 0 Å². The molecule has 3 aromatic rings. The third-order valence-electron chi connectivity index (χ3n) is 5.91. The quantitative estimate of drug-likeness (QED) is 0.269. The SMILES string of the molecule is COC(=O)c1ccc(C2/C(=C(\O)c3cc(C)ccc3C)C(=O)C(=O)N2Cc2cccnc2)cc1. The number of aromatic nitrogens is 1. The second-order valence-electron chi connectivity index (χ2n) is 8.22. The molecule has 1 fully saturated rings. The van der Waals surface area contributed by atoms with Crippen molar-refractivity contribution >= 4 is 23.4 Å². The van der Waals surface area contributed by atoms with Crippen LogP contribution in [0.4, 0.5) is 0 Å². The summed E-state index contributed by atoms with van der Waals surface area (Å²) in [5.41, 5.74) is 3.86. The number of Topliss-reactive ketones (excluding diaryl/α,β-unsaturated/α-hetero) is 1. The number of carbonyl (C=O) groups is 3. The Labute approximate surface area is 197 Å². The van der Waals surface area contributed by atoms with Gasteiger partial charge in [0.05, 0.1) is 24.3 Å². The molecule has 2 heterocycles. The average molecular weight is 456 g/mol. The van der Waals surface area contributed by atoms with Crippen molar-refractivity contribution in [2.45, 2.75) is 26.4 Å². The van der Waals surface area contributed by atoms with E-state index in [0.717, 1.165) is 16.7 Å². The highest BCUT2D eigenvalue weighted by Gasteiger charge is 2.46. The molecule has 1 atom stereocenters. The summed E-state index contributed by atoms with van der Waals surface area (Å²) in [6, 6.07) is 14.8. The smallest absolute Gasteiger partial charge is 0.337 e. The Kier molecular flexibility index (Phi) is 6.27. The summed E-state index contributed by atoms with van der Waals surface area (Å²) in [6.07, 6.45) is 3.25. The zero-order valence-electron chi connectivity index (χ0n) is 19.1. The number of pyridine rings is 1. The van der Waals surface area contributed by atoms with Crippen LogP contribution < -0.4 is 0 Å². The lowest BCUT2D eigenvalue weighted by Gasteiger charge is -2.25. The molecule has 1 saturated heterocycles. The summed E-state index contributed by atoms with van der Waals surface area (Å²) >= 11 is 0. The molecular weight excluding hydrogens is 432 g/mol. The Morgan fingerprint density at radius 1 is 1.09 bits per heavy atom. The molecule has 1 unspecified atom stereocenters. The highest BCUT2D eigenvalue weighted by atomic mass is 16.5. The maximum absolute atomic E-state index is 13.2. The molecule has 1 aliphatic heterocycles. The van der Waals surface area contributed by atoms with Gasteiger partial charge in [-0.2, -0.15) is 0 Å². The number of ether oxygens (including phenoxy) is 1. The molecule has 1 aromatic heterocycles. The topological polar surface area (TPSA) is 96.8 Å². The average Bonchev–Trinajstić information content (AvgIpc) is 3.10. The van der Waals surface area contributed by atoms with E-state index in [0.29, 0.717) is 16.7 Å². The summed E-state index contributed by atoms with van der Waals surface area (Å²) in [5, 5.41) is 11.3. The fraction of sp³-hybridized carbons (Fsp3) is 0.185. The largest absolute Gasteiger partial charge is 0.507 e. The fourth-order valence-corrected chi connectivity index (χ4v) is 4.13. The number of ketones is 1. The van der Waals surface area contributed by atoms with E-state index < -0.39 is 23.7 Å². The van der Waals surface area contributed by atoms with E-state index in [4.69, 9.17) is 4.74 Å². The number of carbonyl (C=O) groups excluding carboxylic acids is 3. The first kappa shape index (κ1) is 22.9. The standard InChI is InChI=1S/C27H24N2O5/c1-16-6-7-17(2)21(13-16)24(30)22-23(19-8-10-20(11-9-19)27(33)34-3)29(26(32)25(22)31)15-18-5-4-12-28-14-18/h4-14,23,30H,15H2,1-3H3/b24-22+. The molecule has 4 rings (SSSR count). The lowest BCUT2D eigenvalue weighted by atomic mass is 9.93.